The number of anilines is 1. The van der Waals surface area contributed by atoms with E-state index in [4.69, 9.17) is 86.6 Å². The maximum Gasteiger partial charge on any atom is 0.407 e. The number of alkyl carbamates (subject to hydrolysis) is 1. The van der Waals surface area contributed by atoms with E-state index in [1.165, 1.54) is 18.3 Å². The van der Waals surface area contributed by atoms with Gasteiger partial charge in [-0.2, -0.15) is 5.10 Å². The number of H-pyrrole nitrogens is 1. The number of allylic oxidation sites excluding steroid dienone is 6. The maximum absolute atomic E-state index is 14.7. The van der Waals surface area contributed by atoms with Crippen LogP contribution >= 0.6 is 0 Å². The Labute approximate surface area is 746 Å². The van der Waals surface area contributed by atoms with E-state index < -0.39 is 102 Å². The summed E-state index contributed by atoms with van der Waals surface area (Å²) in [5, 5.41) is 33.2. The highest BCUT2D eigenvalue weighted by atomic mass is 16.6. The lowest BCUT2D eigenvalue weighted by Crippen LogP contribution is -2.61. The Morgan fingerprint density at radius 2 is 1.31 bits per heavy atom. The van der Waals surface area contributed by atoms with Crippen LogP contribution in [0.2, 0.25) is 0 Å². The number of ether oxygens (including phenoxy) is 16. The van der Waals surface area contributed by atoms with Crippen molar-refractivity contribution in [2.45, 2.75) is 205 Å². The molecule has 4 aliphatic heterocycles. The standard InChI is InChI=1S/C92H140N10O25/c1-61-16-12-11-13-17-62(2)76(112-8)57-72-21-19-67(7)92(111,127-72)85(107)89(108)101-29-15-14-18-73(101)90(109)125-77(58-74(103)63(3)53-66(6)83(106)84(114-10)82(105)65(5)52-61)64(4)54-68-20-22-75(78(55-68)113-9)126-91(110)95-28-33-116-35-37-118-39-41-120-43-45-122-47-49-124-51-50-123-48-46-121-44-42-119-40-38-117-36-34-115-32-26-79(104)100-30-24-71(25-31-100)102-88-80(86(93)97-60-98-88)81(99-102)70-56-69-23-27-94-87(69)96-59-70/h11-13,16-17,23,27,53,56,59-61,63-65,67-68,71-73,75-78,83-84,106,111H,14-15,18-22,24-26,28-52,54-55,57-58H2,1-10H3,(H,94,96)(H,95,110)(H2,93,97,98)/b13-11+,16-12+,62-17+,66-53+/t61-,63-,64-,65-,67-,68?,72+,73+,75-,76+,77+,78-,83?,84+,92-/m1/s1. The summed E-state index contributed by atoms with van der Waals surface area (Å²) in [7, 11) is 4.49. The van der Waals surface area contributed by atoms with Crippen LogP contribution in [0.25, 0.3) is 33.3 Å². The van der Waals surface area contributed by atoms with Gasteiger partial charge in [0, 0.05) is 101 Å². The first-order valence-corrected chi connectivity index (χ1v) is 45.3. The second-order valence-corrected chi connectivity index (χ2v) is 33.8. The molecule has 127 heavy (non-hydrogen) atoms. The summed E-state index contributed by atoms with van der Waals surface area (Å²) >= 11 is 0. The number of aromatic amines is 1. The molecule has 35 nitrogen and oxygen atoms in total. The van der Waals surface area contributed by atoms with Crippen LogP contribution in [0.5, 0.6) is 0 Å². The van der Waals surface area contributed by atoms with Gasteiger partial charge in [-0.05, 0) is 132 Å². The normalized spacial score (nSPS) is 27.4. The molecule has 2 unspecified atom stereocenters. The molecule has 3 amide bonds. The molecule has 0 aromatic carbocycles. The van der Waals surface area contributed by atoms with Crippen LogP contribution in [-0.2, 0) is 105 Å². The molecule has 35 heteroatoms. The summed E-state index contributed by atoms with van der Waals surface area (Å²) < 4.78 is 94.0. The summed E-state index contributed by atoms with van der Waals surface area (Å²) in [4.78, 5) is 118. The zero-order valence-electron chi connectivity index (χ0n) is 76.1. The average molecular weight is 1790 g/mol. The molecule has 5 aliphatic rings. The summed E-state index contributed by atoms with van der Waals surface area (Å²) in [6, 6.07) is 2.81. The van der Waals surface area contributed by atoms with Crippen LogP contribution in [0.1, 0.15) is 151 Å². The number of carbonyl (C=O) groups excluding carboxylic acids is 7. The molecule has 4 aromatic heterocycles. The van der Waals surface area contributed by atoms with Crippen LogP contribution in [0, 0.1) is 35.5 Å². The molecule has 0 spiro atoms. The van der Waals surface area contributed by atoms with E-state index >= 15 is 0 Å². The molecular weight excluding hydrogens is 1650 g/mol. The van der Waals surface area contributed by atoms with Gasteiger partial charge in [0.15, 0.2) is 11.4 Å². The fraction of sp³-hybridized carbons (Fsp3) is 0.707. The minimum Gasteiger partial charge on any atom is -0.460 e. The highest BCUT2D eigenvalue weighted by molar-refractivity contribution is 6.39. The number of fused-ring (bicyclic) bond motifs is 5. The number of aliphatic hydroxyl groups excluding tert-OH is 1. The molecule has 1 aliphatic carbocycles. The minimum absolute atomic E-state index is 0.0183. The Balaban J connectivity index is 0.573. The average Bonchev–Trinajstić information content (AvgIpc) is 1.75. The fourth-order valence-corrected chi connectivity index (χ4v) is 16.9. The van der Waals surface area contributed by atoms with Gasteiger partial charge in [0.2, 0.25) is 11.7 Å². The number of carbonyl (C=O) groups is 7. The van der Waals surface area contributed by atoms with E-state index in [0.717, 1.165) is 35.0 Å². The molecule has 6 N–H and O–H groups in total. The molecule has 708 valence electrons. The maximum atomic E-state index is 14.7. The van der Waals surface area contributed by atoms with Crippen molar-refractivity contribution in [2.75, 3.05) is 185 Å². The summed E-state index contributed by atoms with van der Waals surface area (Å²) in [5.74, 6) is -8.25. The predicted molar refractivity (Wildman–Crippen MR) is 470 cm³/mol. The van der Waals surface area contributed by atoms with E-state index in [9.17, 15) is 43.8 Å². The lowest BCUT2D eigenvalue weighted by Gasteiger charge is -2.42. The van der Waals surface area contributed by atoms with E-state index in [-0.39, 0.29) is 80.7 Å². The van der Waals surface area contributed by atoms with Crippen LogP contribution in [0.4, 0.5) is 10.6 Å². The van der Waals surface area contributed by atoms with Gasteiger partial charge in [-0.3, -0.25) is 24.0 Å². The number of amides is 3. The lowest BCUT2D eigenvalue weighted by atomic mass is 9.78. The van der Waals surface area contributed by atoms with Crippen molar-refractivity contribution >= 4 is 69.1 Å². The van der Waals surface area contributed by atoms with Crippen molar-refractivity contribution in [3.63, 3.8) is 0 Å². The minimum atomic E-state index is -2.48. The quantitative estimate of drug-likeness (QED) is 0.0120. The number of aliphatic hydroxyl groups is 2. The number of nitrogens with zero attached hydrogens (tertiary/aromatic N) is 7. The zero-order chi connectivity index (χ0) is 91.0. The number of Topliss-reactive ketones (excluding diaryl/α,β-unsaturated/α-hetero) is 3. The van der Waals surface area contributed by atoms with Gasteiger partial charge in [0.05, 0.1) is 168 Å². The number of rotatable bonds is 42. The summed E-state index contributed by atoms with van der Waals surface area (Å²) in [5.41, 5.74) is 10.5. The second kappa shape index (κ2) is 54.6. The molecular formula is C92H140N10O25. The highest BCUT2D eigenvalue weighted by Crippen LogP contribution is 2.40. The number of esters is 1. The number of hydrogen-bond acceptors (Lipinski definition) is 30. The Hall–Kier alpha value is -7.95. The van der Waals surface area contributed by atoms with Gasteiger partial charge in [0.25, 0.3) is 11.7 Å². The molecule has 2 bridgehead atoms. The first kappa shape index (κ1) is 103. The topological polar surface area (TPSA) is 424 Å². The largest absolute Gasteiger partial charge is 0.460 e. The van der Waals surface area contributed by atoms with Crippen molar-refractivity contribution < 1.29 is 120 Å². The number of aromatic nitrogens is 6. The fourth-order valence-electron chi connectivity index (χ4n) is 16.9. The first-order valence-electron chi connectivity index (χ1n) is 45.3. The van der Waals surface area contributed by atoms with Gasteiger partial charge in [-0.25, -0.2) is 29.2 Å². The second-order valence-electron chi connectivity index (χ2n) is 33.8. The molecule has 8 heterocycles. The monoisotopic (exact) mass is 1780 g/mol. The third-order valence-corrected chi connectivity index (χ3v) is 24.4. The molecule has 4 fully saturated rings. The number of nitrogen functional groups attached to an aromatic ring is 1. The lowest BCUT2D eigenvalue weighted by molar-refractivity contribution is -0.265. The number of pyridine rings is 1. The Morgan fingerprint density at radius 1 is 0.685 bits per heavy atom. The molecule has 0 radical (unpaired) electrons. The Morgan fingerprint density at radius 3 is 1.92 bits per heavy atom. The van der Waals surface area contributed by atoms with Crippen LogP contribution < -0.4 is 11.1 Å². The smallest absolute Gasteiger partial charge is 0.407 e. The van der Waals surface area contributed by atoms with Crippen molar-refractivity contribution in [3.8, 4) is 11.3 Å². The van der Waals surface area contributed by atoms with Crippen LogP contribution in [0.15, 0.2) is 78.5 Å². The molecule has 3 saturated heterocycles. The van der Waals surface area contributed by atoms with Crippen molar-refractivity contribution in [1.82, 2.24) is 44.8 Å². The molecule has 4 aromatic rings. The van der Waals surface area contributed by atoms with E-state index in [1.807, 2.05) is 79.1 Å². The predicted octanol–water partition coefficient (Wildman–Crippen LogP) is 8.60. The summed E-state index contributed by atoms with van der Waals surface area (Å²) in [6.45, 7) is 21.7. The Kier molecular flexibility index (Phi) is 44.2. The number of nitrogens with two attached hydrogens (primary N) is 1. The number of piperidine rings is 2. The van der Waals surface area contributed by atoms with Crippen molar-refractivity contribution in [1.29, 1.82) is 0 Å². The number of ketones is 3. The van der Waals surface area contributed by atoms with Crippen LogP contribution in [-0.4, -0.2) is 325 Å². The summed E-state index contributed by atoms with van der Waals surface area (Å²) in [6.07, 6.45) is 16.2. The van der Waals surface area contributed by atoms with Crippen LogP contribution in [0.3, 0.4) is 0 Å². The third-order valence-electron chi connectivity index (χ3n) is 24.4. The molecule has 1 saturated carbocycles. The van der Waals surface area contributed by atoms with Gasteiger partial charge in [-0.1, -0.05) is 71.1 Å². The van der Waals surface area contributed by atoms with E-state index in [0.29, 0.717) is 225 Å². The Bertz CT molecular complexity index is 4170. The van der Waals surface area contributed by atoms with Gasteiger partial charge in [-0.15, -0.1) is 0 Å². The third kappa shape index (κ3) is 32.0. The number of cyclic esters (lactones) is 1. The number of nitrogens with one attached hydrogen (secondary N) is 2. The van der Waals surface area contributed by atoms with Gasteiger partial charge < -0.3 is 112 Å². The number of hydrogen-bond donors (Lipinski definition) is 5. The van der Waals surface area contributed by atoms with Gasteiger partial charge >= 0.3 is 12.1 Å². The van der Waals surface area contributed by atoms with Gasteiger partial charge in [0.1, 0.15) is 59.7 Å². The molecule has 9 rings (SSSR count). The highest BCUT2D eigenvalue weighted by Gasteiger charge is 2.53. The van der Waals surface area contributed by atoms with Crippen molar-refractivity contribution in [3.05, 3.63) is 78.5 Å². The number of methoxy groups -OCH3 is 3. The van der Waals surface area contributed by atoms with E-state index in [2.05, 4.69) is 25.3 Å². The molecule has 15 atom stereocenters. The van der Waals surface area contributed by atoms with E-state index in [1.54, 1.807) is 54.2 Å². The SMILES string of the molecule is CO[C@H]1C[C@@H]2CC[C@@H](C)[C@@](O)(O2)C(=O)C(=O)N2CCCC[C@H]2C(=O)O[C@H]([C@H](C)CC2CC[C@@H](OC(=O)NCCOCCOCCOCCOCCOCCOCCOCCOCCOCCOCCC(=O)N3CCC(n4nc(-c5cnc6[nH]ccc6c5)c5c(N)ncnc54)CC3)[C@H](OC)C2)CC(=O)[C@H](C)/C=C(\C)C(O)[C@@H](OC)C(=O)[C@H](C)C[C@H](C)/C=C/C=C/C=C/1C. The zero-order valence-corrected chi connectivity index (χ0v) is 76.1. The number of likely N-dealkylation sites (tertiary alicyclic amines) is 1. The first-order chi connectivity index (χ1) is 61.4. The van der Waals surface area contributed by atoms with Crippen molar-refractivity contribution in [2.24, 2.45) is 35.5 Å².